The highest BCUT2D eigenvalue weighted by Gasteiger charge is 2.35. The van der Waals surface area contributed by atoms with Crippen LogP contribution in [0.15, 0.2) is 0 Å². The van der Waals surface area contributed by atoms with Crippen molar-refractivity contribution in [2.75, 3.05) is 26.2 Å². The monoisotopic (exact) mass is 288 g/mol. The molecule has 0 spiro atoms. The highest BCUT2D eigenvalue weighted by molar-refractivity contribution is 9.10. The zero-order valence-corrected chi connectivity index (χ0v) is 11.1. The van der Waals surface area contributed by atoms with Gasteiger partial charge in [0.15, 0.2) is 0 Å². The van der Waals surface area contributed by atoms with Crippen molar-refractivity contribution in [3.63, 3.8) is 0 Å². The average Bonchev–Trinajstić information content (AvgIpc) is 3.11. The van der Waals surface area contributed by atoms with E-state index >= 15 is 0 Å². The first-order valence-electron chi connectivity index (χ1n) is 5.81. The Morgan fingerprint density at radius 2 is 1.62 bits per heavy atom. The molecule has 2 amide bonds. The molecule has 2 fully saturated rings. The van der Waals surface area contributed by atoms with Gasteiger partial charge in [-0.2, -0.15) is 0 Å². The molecule has 1 aliphatic heterocycles. The lowest BCUT2D eigenvalue weighted by Gasteiger charge is -2.35. The van der Waals surface area contributed by atoms with Crippen molar-refractivity contribution < 1.29 is 9.59 Å². The summed E-state index contributed by atoms with van der Waals surface area (Å²) in [6, 6.07) is 0. The van der Waals surface area contributed by atoms with Crippen LogP contribution in [0, 0.1) is 5.92 Å². The first-order valence-corrected chi connectivity index (χ1v) is 6.73. The van der Waals surface area contributed by atoms with Crippen molar-refractivity contribution in [1.29, 1.82) is 0 Å². The van der Waals surface area contributed by atoms with Gasteiger partial charge in [0.2, 0.25) is 11.8 Å². The van der Waals surface area contributed by atoms with Crippen molar-refractivity contribution in [2.24, 2.45) is 5.92 Å². The average molecular weight is 289 g/mol. The van der Waals surface area contributed by atoms with Gasteiger partial charge in [-0.05, 0) is 19.8 Å². The molecule has 16 heavy (non-hydrogen) atoms. The Labute approximate surface area is 104 Å². The van der Waals surface area contributed by atoms with Crippen LogP contribution in [0.5, 0.6) is 0 Å². The predicted octanol–water partition coefficient (Wildman–Crippen LogP) is 0.851. The maximum atomic E-state index is 11.8. The molecular formula is C11H17BrN2O2. The second-order valence-corrected chi connectivity index (χ2v) is 5.91. The topological polar surface area (TPSA) is 40.6 Å². The molecule has 0 aromatic heterocycles. The summed E-state index contributed by atoms with van der Waals surface area (Å²) in [7, 11) is 0. The minimum absolute atomic E-state index is 0.124. The molecule has 0 aromatic rings. The number of hydrogen-bond acceptors (Lipinski definition) is 2. The Morgan fingerprint density at radius 1 is 1.12 bits per heavy atom. The van der Waals surface area contributed by atoms with Gasteiger partial charge in [-0.25, -0.2) is 0 Å². The molecule has 0 aromatic carbocycles. The van der Waals surface area contributed by atoms with Crippen LogP contribution in [0.25, 0.3) is 0 Å². The van der Waals surface area contributed by atoms with Gasteiger partial charge in [-0.3, -0.25) is 9.59 Å². The second-order valence-electron chi connectivity index (χ2n) is 4.54. The zero-order chi connectivity index (χ0) is 11.7. The van der Waals surface area contributed by atoms with E-state index in [0.29, 0.717) is 32.1 Å². The number of rotatable bonds is 2. The first-order chi connectivity index (χ1) is 7.59. The summed E-state index contributed by atoms with van der Waals surface area (Å²) in [6.45, 7) is 4.58. The zero-order valence-electron chi connectivity index (χ0n) is 9.49. The Morgan fingerprint density at radius 3 is 2.06 bits per heavy atom. The van der Waals surface area contributed by atoms with E-state index in [-0.39, 0.29) is 16.7 Å². The Balaban J connectivity index is 1.82. The largest absolute Gasteiger partial charge is 0.339 e. The number of piperazine rings is 1. The van der Waals surface area contributed by atoms with E-state index in [4.69, 9.17) is 0 Å². The van der Waals surface area contributed by atoms with Crippen LogP contribution >= 0.6 is 15.9 Å². The van der Waals surface area contributed by atoms with Crippen LogP contribution in [0.4, 0.5) is 0 Å². The highest BCUT2D eigenvalue weighted by Crippen LogP contribution is 2.31. The van der Waals surface area contributed by atoms with Crippen molar-refractivity contribution in [3.8, 4) is 0 Å². The molecule has 0 N–H and O–H groups in total. The highest BCUT2D eigenvalue weighted by atomic mass is 79.9. The van der Waals surface area contributed by atoms with E-state index in [1.54, 1.807) is 0 Å². The van der Waals surface area contributed by atoms with Crippen LogP contribution in [0.1, 0.15) is 19.8 Å². The summed E-state index contributed by atoms with van der Waals surface area (Å²) in [4.78, 5) is 27.1. The molecule has 0 radical (unpaired) electrons. The summed E-state index contributed by atoms with van der Waals surface area (Å²) in [5.74, 6) is 0.704. The maximum Gasteiger partial charge on any atom is 0.236 e. The molecule has 1 saturated carbocycles. The fourth-order valence-electron chi connectivity index (χ4n) is 1.99. The number of carbonyl (C=O) groups is 2. The number of hydrogen-bond donors (Lipinski definition) is 0. The molecule has 1 unspecified atom stereocenters. The summed E-state index contributed by atoms with van der Waals surface area (Å²) in [5.41, 5.74) is 0. The molecule has 2 rings (SSSR count). The van der Waals surface area contributed by atoms with Crippen molar-refractivity contribution in [1.82, 2.24) is 9.80 Å². The lowest BCUT2D eigenvalue weighted by molar-refractivity contribution is -0.139. The molecule has 1 saturated heterocycles. The number of carbonyl (C=O) groups excluding carboxylic acids is 2. The molecule has 1 aliphatic carbocycles. The van der Waals surface area contributed by atoms with Gasteiger partial charge in [0.1, 0.15) is 0 Å². The van der Waals surface area contributed by atoms with Crippen LogP contribution < -0.4 is 0 Å². The maximum absolute atomic E-state index is 11.8. The molecule has 4 nitrogen and oxygen atoms in total. The molecule has 1 atom stereocenters. The number of halogens is 1. The minimum Gasteiger partial charge on any atom is -0.339 e. The van der Waals surface area contributed by atoms with Crippen LogP contribution in [0.2, 0.25) is 0 Å². The van der Waals surface area contributed by atoms with E-state index in [0.717, 1.165) is 12.8 Å². The van der Waals surface area contributed by atoms with E-state index in [9.17, 15) is 9.59 Å². The van der Waals surface area contributed by atoms with Crippen molar-refractivity contribution in [3.05, 3.63) is 0 Å². The third-order valence-electron chi connectivity index (χ3n) is 3.17. The molecule has 1 heterocycles. The quantitative estimate of drug-likeness (QED) is 0.707. The summed E-state index contributed by atoms with van der Waals surface area (Å²) in [5, 5.41) is 0. The smallest absolute Gasteiger partial charge is 0.236 e. The molecule has 0 bridgehead atoms. The van der Waals surface area contributed by atoms with E-state index < -0.39 is 0 Å². The van der Waals surface area contributed by atoms with E-state index in [1.165, 1.54) is 0 Å². The number of alkyl halides is 1. The lowest BCUT2D eigenvalue weighted by atomic mass is 10.2. The SMILES string of the molecule is CC(Br)C(=O)N1CCN(C(=O)C2CC2)CC1. The van der Waals surface area contributed by atoms with Gasteiger partial charge in [-0.15, -0.1) is 0 Å². The number of amides is 2. The van der Waals surface area contributed by atoms with E-state index in [2.05, 4.69) is 15.9 Å². The lowest BCUT2D eigenvalue weighted by Crippen LogP contribution is -2.52. The van der Waals surface area contributed by atoms with Crippen LogP contribution in [-0.4, -0.2) is 52.6 Å². The van der Waals surface area contributed by atoms with Gasteiger partial charge >= 0.3 is 0 Å². The van der Waals surface area contributed by atoms with Gasteiger partial charge in [0.05, 0.1) is 4.83 Å². The molecular weight excluding hydrogens is 272 g/mol. The Hall–Kier alpha value is -0.580. The summed E-state index contributed by atoms with van der Waals surface area (Å²) in [6.07, 6.45) is 2.10. The Bertz CT molecular complexity index is 272. The van der Waals surface area contributed by atoms with Crippen molar-refractivity contribution >= 4 is 27.7 Å². The van der Waals surface area contributed by atoms with Gasteiger partial charge in [0, 0.05) is 32.1 Å². The van der Waals surface area contributed by atoms with E-state index in [1.807, 2.05) is 16.7 Å². The minimum atomic E-state index is -0.127. The molecule has 5 heteroatoms. The molecule has 2 aliphatic rings. The van der Waals surface area contributed by atoms with Gasteiger partial charge in [-0.1, -0.05) is 15.9 Å². The standard InChI is InChI=1S/C11H17BrN2O2/c1-8(12)10(15)13-4-6-14(7-5-13)11(16)9-2-3-9/h8-9H,2-7H2,1H3. The second kappa shape index (κ2) is 4.73. The Kier molecular flexibility index (Phi) is 3.52. The predicted molar refractivity (Wildman–Crippen MR) is 64.3 cm³/mol. The molecule has 90 valence electrons. The third kappa shape index (κ3) is 2.56. The van der Waals surface area contributed by atoms with Gasteiger partial charge in [0.25, 0.3) is 0 Å². The first kappa shape index (κ1) is 11.9. The third-order valence-corrected chi connectivity index (χ3v) is 3.56. The van der Waals surface area contributed by atoms with Crippen LogP contribution in [-0.2, 0) is 9.59 Å². The van der Waals surface area contributed by atoms with Crippen molar-refractivity contribution in [2.45, 2.75) is 24.6 Å². The fraction of sp³-hybridized carbons (Fsp3) is 0.818. The van der Waals surface area contributed by atoms with Crippen LogP contribution in [0.3, 0.4) is 0 Å². The normalized spacial score (nSPS) is 23.1. The summed E-state index contributed by atoms with van der Waals surface area (Å²) >= 11 is 3.28. The van der Waals surface area contributed by atoms with Gasteiger partial charge < -0.3 is 9.80 Å². The number of nitrogens with zero attached hydrogens (tertiary/aromatic N) is 2. The summed E-state index contributed by atoms with van der Waals surface area (Å²) < 4.78 is 0. The fourth-order valence-corrected chi connectivity index (χ4v) is 2.28.